The third-order valence-electron chi connectivity index (χ3n) is 2.45. The smallest absolute Gasteiger partial charge is 0.147 e. The van der Waals surface area contributed by atoms with Gasteiger partial charge in [0.15, 0.2) is 0 Å². The molecule has 84 valence electrons. The van der Waals surface area contributed by atoms with Crippen LogP contribution in [0.1, 0.15) is 20.3 Å². The van der Waals surface area contributed by atoms with Crippen molar-refractivity contribution >= 4 is 11.8 Å². The van der Waals surface area contributed by atoms with Gasteiger partial charge in [-0.25, -0.2) is 0 Å². The number of hydrogen-bond acceptors (Lipinski definition) is 4. The van der Waals surface area contributed by atoms with Crippen molar-refractivity contribution < 1.29 is 9.47 Å². The number of thioether (sulfide) groups is 1. The second kappa shape index (κ2) is 5.95. The number of rotatable bonds is 5. The Morgan fingerprint density at radius 2 is 2.29 bits per heavy atom. The first kappa shape index (κ1) is 12.3. The van der Waals surface area contributed by atoms with Crippen molar-refractivity contribution in [2.75, 3.05) is 32.7 Å². The summed E-state index contributed by atoms with van der Waals surface area (Å²) in [4.78, 5) is 0. The van der Waals surface area contributed by atoms with Crippen LogP contribution in [0.5, 0.6) is 0 Å². The van der Waals surface area contributed by atoms with E-state index in [0.717, 1.165) is 26.1 Å². The van der Waals surface area contributed by atoms with Gasteiger partial charge < -0.3 is 14.8 Å². The predicted molar refractivity (Wildman–Crippen MR) is 60.8 cm³/mol. The molecule has 1 saturated heterocycles. The van der Waals surface area contributed by atoms with E-state index < -0.39 is 0 Å². The van der Waals surface area contributed by atoms with Crippen LogP contribution in [0.2, 0.25) is 0 Å². The van der Waals surface area contributed by atoms with E-state index in [1.54, 1.807) is 0 Å². The van der Waals surface area contributed by atoms with E-state index >= 15 is 0 Å². The third-order valence-corrected chi connectivity index (χ3v) is 3.70. The van der Waals surface area contributed by atoms with Crippen LogP contribution in [-0.2, 0) is 9.47 Å². The molecular formula is C10H21NO2S. The lowest BCUT2D eigenvalue weighted by Crippen LogP contribution is -2.39. The quantitative estimate of drug-likeness (QED) is 0.759. The highest BCUT2D eigenvalue weighted by Gasteiger charge is 2.18. The molecule has 0 aliphatic carbocycles. The van der Waals surface area contributed by atoms with Crippen molar-refractivity contribution in [3.63, 3.8) is 0 Å². The van der Waals surface area contributed by atoms with E-state index in [2.05, 4.69) is 25.4 Å². The zero-order valence-corrected chi connectivity index (χ0v) is 10.2. The molecule has 1 unspecified atom stereocenters. The van der Waals surface area contributed by atoms with E-state index in [9.17, 15) is 0 Å². The summed E-state index contributed by atoms with van der Waals surface area (Å²) in [5, 5.41) is 3.44. The van der Waals surface area contributed by atoms with Crippen molar-refractivity contribution in [2.45, 2.75) is 31.1 Å². The Kier molecular flexibility index (Phi) is 5.23. The molecule has 1 heterocycles. The average molecular weight is 219 g/mol. The molecule has 1 N–H and O–H groups in total. The first-order valence-corrected chi connectivity index (χ1v) is 6.32. The SMILES string of the molecule is CSC(C)(C)CNCC1CCOCO1. The van der Waals surface area contributed by atoms with E-state index in [0.29, 0.717) is 17.6 Å². The third kappa shape index (κ3) is 4.64. The second-order valence-electron chi connectivity index (χ2n) is 4.20. The van der Waals surface area contributed by atoms with Gasteiger partial charge in [0.25, 0.3) is 0 Å². The maximum Gasteiger partial charge on any atom is 0.147 e. The topological polar surface area (TPSA) is 30.5 Å². The van der Waals surface area contributed by atoms with E-state index in [1.165, 1.54) is 0 Å². The molecule has 0 amide bonds. The van der Waals surface area contributed by atoms with Crippen molar-refractivity contribution in [3.05, 3.63) is 0 Å². The van der Waals surface area contributed by atoms with Crippen LogP contribution < -0.4 is 5.32 Å². The van der Waals surface area contributed by atoms with Gasteiger partial charge in [0.2, 0.25) is 0 Å². The van der Waals surface area contributed by atoms with Gasteiger partial charge >= 0.3 is 0 Å². The minimum Gasteiger partial charge on any atom is -0.355 e. The van der Waals surface area contributed by atoms with Gasteiger partial charge in [-0.2, -0.15) is 11.8 Å². The molecule has 0 aromatic heterocycles. The molecule has 0 aromatic carbocycles. The highest BCUT2D eigenvalue weighted by atomic mass is 32.2. The minimum absolute atomic E-state index is 0.311. The van der Waals surface area contributed by atoms with Crippen molar-refractivity contribution in [1.29, 1.82) is 0 Å². The largest absolute Gasteiger partial charge is 0.355 e. The van der Waals surface area contributed by atoms with Gasteiger partial charge in [-0.3, -0.25) is 0 Å². The number of hydrogen-bond donors (Lipinski definition) is 1. The molecule has 3 nitrogen and oxygen atoms in total. The Hall–Kier alpha value is 0.230. The highest BCUT2D eigenvalue weighted by molar-refractivity contribution is 7.99. The molecule has 1 fully saturated rings. The number of ether oxygens (including phenoxy) is 2. The first-order chi connectivity index (χ1) is 6.64. The second-order valence-corrected chi connectivity index (χ2v) is 5.71. The molecule has 1 aliphatic rings. The minimum atomic E-state index is 0.311. The summed E-state index contributed by atoms with van der Waals surface area (Å²) < 4.78 is 10.9. The first-order valence-electron chi connectivity index (χ1n) is 5.09. The molecule has 0 radical (unpaired) electrons. The van der Waals surface area contributed by atoms with Crippen molar-refractivity contribution in [1.82, 2.24) is 5.32 Å². The lowest BCUT2D eigenvalue weighted by molar-refractivity contribution is -0.137. The molecule has 1 aliphatic heterocycles. The molecule has 4 heteroatoms. The van der Waals surface area contributed by atoms with Crippen LogP contribution in [0.4, 0.5) is 0 Å². The van der Waals surface area contributed by atoms with E-state index in [1.807, 2.05) is 11.8 Å². The summed E-state index contributed by atoms with van der Waals surface area (Å²) in [7, 11) is 0. The van der Waals surface area contributed by atoms with Crippen LogP contribution >= 0.6 is 11.8 Å². The molecule has 0 bridgehead atoms. The fourth-order valence-electron chi connectivity index (χ4n) is 1.27. The fraction of sp³-hybridized carbons (Fsp3) is 1.00. The lowest BCUT2D eigenvalue weighted by Gasteiger charge is -2.26. The highest BCUT2D eigenvalue weighted by Crippen LogP contribution is 2.19. The fourth-order valence-corrected chi connectivity index (χ4v) is 1.52. The Labute approximate surface area is 90.9 Å². The van der Waals surface area contributed by atoms with Gasteiger partial charge in [-0.15, -0.1) is 0 Å². The summed E-state index contributed by atoms with van der Waals surface area (Å²) in [6.45, 7) is 7.74. The molecule has 0 aromatic rings. The monoisotopic (exact) mass is 219 g/mol. The van der Waals surface area contributed by atoms with E-state index in [4.69, 9.17) is 9.47 Å². The predicted octanol–water partition coefficient (Wildman–Crippen LogP) is 1.48. The van der Waals surface area contributed by atoms with Gasteiger partial charge in [-0.05, 0) is 26.5 Å². The molecule has 0 saturated carbocycles. The van der Waals surface area contributed by atoms with Gasteiger partial charge in [0.1, 0.15) is 6.79 Å². The summed E-state index contributed by atoms with van der Waals surface area (Å²) >= 11 is 1.89. The Morgan fingerprint density at radius 3 is 2.86 bits per heavy atom. The summed E-state index contributed by atoms with van der Waals surface area (Å²) in [6, 6.07) is 0. The maximum absolute atomic E-state index is 5.43. The Morgan fingerprint density at radius 1 is 1.50 bits per heavy atom. The van der Waals surface area contributed by atoms with E-state index in [-0.39, 0.29) is 0 Å². The van der Waals surface area contributed by atoms with Crippen LogP contribution in [0.15, 0.2) is 0 Å². The van der Waals surface area contributed by atoms with Crippen molar-refractivity contribution in [3.8, 4) is 0 Å². The van der Waals surface area contributed by atoms with Crippen LogP contribution in [0.25, 0.3) is 0 Å². The van der Waals surface area contributed by atoms with Gasteiger partial charge in [-0.1, -0.05) is 0 Å². The molecule has 0 spiro atoms. The van der Waals surface area contributed by atoms with Crippen LogP contribution in [-0.4, -0.2) is 43.6 Å². The van der Waals surface area contributed by atoms with Crippen LogP contribution in [0, 0.1) is 0 Å². The standard InChI is InChI=1S/C10H21NO2S/c1-10(2,14-3)7-11-6-9-4-5-12-8-13-9/h9,11H,4-8H2,1-3H3. The molecule has 14 heavy (non-hydrogen) atoms. The average Bonchev–Trinajstić information content (AvgIpc) is 2.19. The lowest BCUT2D eigenvalue weighted by atomic mass is 10.2. The maximum atomic E-state index is 5.43. The van der Waals surface area contributed by atoms with Crippen molar-refractivity contribution in [2.24, 2.45) is 0 Å². The van der Waals surface area contributed by atoms with Crippen LogP contribution in [0.3, 0.4) is 0 Å². The van der Waals surface area contributed by atoms with Gasteiger partial charge in [0.05, 0.1) is 12.7 Å². The molecular weight excluding hydrogens is 198 g/mol. The summed E-state index contributed by atoms with van der Waals surface area (Å²) in [5.41, 5.74) is 0. The zero-order chi connectivity index (χ0) is 10.4. The normalized spacial score (nSPS) is 23.8. The summed E-state index contributed by atoms with van der Waals surface area (Å²) in [5.74, 6) is 0. The van der Waals surface area contributed by atoms with Gasteiger partial charge in [0, 0.05) is 17.8 Å². The Balaban J connectivity index is 2.08. The molecule has 1 rings (SSSR count). The summed E-state index contributed by atoms with van der Waals surface area (Å²) in [6.07, 6.45) is 3.49. The number of nitrogens with one attached hydrogen (secondary N) is 1. The molecule has 1 atom stereocenters. The zero-order valence-electron chi connectivity index (χ0n) is 9.34. The Bertz CT molecular complexity index is 158.